The van der Waals surface area contributed by atoms with Gasteiger partial charge in [0.25, 0.3) is 0 Å². The number of pyridine rings is 1. The van der Waals surface area contributed by atoms with Crippen LogP contribution in [-0.2, 0) is 14.4 Å². The number of amides is 2. The minimum atomic E-state index is -0.660. The van der Waals surface area contributed by atoms with E-state index >= 15 is 0 Å². The van der Waals surface area contributed by atoms with Gasteiger partial charge in [-0.25, -0.2) is 0 Å². The van der Waals surface area contributed by atoms with Crippen molar-refractivity contribution in [2.75, 3.05) is 4.90 Å². The van der Waals surface area contributed by atoms with Crippen LogP contribution in [0.5, 0.6) is 0 Å². The largest absolute Gasteiger partial charge is 0.351 e. The Balaban J connectivity index is 1.71. The molecule has 0 aliphatic carbocycles. The number of ketones is 1. The standard InChI is InChI=1S/C23H23N3O3/c1-4-12(2)25-22(28)17-16-10-9-15-8-7-14-6-5-11-24-19(14)21(15)26(16)20(13(3)27)18(17)23(25)29/h5-12,16-18,20H,4H2,1-3H3/t12-,16-,17-,18+,20+/m0/s1. The molecule has 148 valence electrons. The number of Topliss-reactive ketones (excluding diaryl/α,β-unsaturated/α-hetero) is 1. The van der Waals surface area contributed by atoms with Crippen LogP contribution in [0.2, 0.25) is 0 Å². The normalized spacial score (nSPS) is 28.5. The van der Waals surface area contributed by atoms with Gasteiger partial charge in [0, 0.05) is 17.6 Å². The molecule has 0 bridgehead atoms. The molecule has 0 spiro atoms. The molecular formula is C23H23N3O3. The van der Waals surface area contributed by atoms with Crippen LogP contribution in [0.4, 0.5) is 5.69 Å². The second kappa shape index (κ2) is 6.24. The van der Waals surface area contributed by atoms with E-state index in [1.165, 1.54) is 11.8 Å². The summed E-state index contributed by atoms with van der Waals surface area (Å²) >= 11 is 0. The third-order valence-electron chi connectivity index (χ3n) is 6.72. The zero-order valence-electron chi connectivity index (χ0n) is 16.7. The molecule has 0 saturated carbocycles. The molecule has 5 atom stereocenters. The molecule has 2 amide bonds. The zero-order chi connectivity index (χ0) is 20.4. The first-order valence-electron chi connectivity index (χ1n) is 10.2. The van der Waals surface area contributed by atoms with Crippen LogP contribution < -0.4 is 4.90 Å². The van der Waals surface area contributed by atoms with Gasteiger partial charge >= 0.3 is 0 Å². The third-order valence-corrected chi connectivity index (χ3v) is 6.72. The minimum Gasteiger partial charge on any atom is -0.351 e. The van der Waals surface area contributed by atoms with E-state index in [4.69, 9.17) is 0 Å². The number of nitrogens with zero attached hydrogens (tertiary/aromatic N) is 3. The lowest BCUT2D eigenvalue weighted by molar-refractivity contribution is -0.143. The highest BCUT2D eigenvalue weighted by atomic mass is 16.2. The quantitative estimate of drug-likeness (QED) is 0.755. The van der Waals surface area contributed by atoms with Crippen molar-refractivity contribution in [3.63, 3.8) is 0 Å². The number of likely N-dealkylation sites (tertiary alicyclic amines) is 1. The highest BCUT2D eigenvalue weighted by molar-refractivity contribution is 6.12. The first kappa shape index (κ1) is 18.0. The van der Waals surface area contributed by atoms with Crippen LogP contribution in [-0.4, -0.2) is 45.6 Å². The summed E-state index contributed by atoms with van der Waals surface area (Å²) in [5.41, 5.74) is 2.60. The summed E-state index contributed by atoms with van der Waals surface area (Å²) in [4.78, 5) is 47.4. The molecule has 5 rings (SSSR count). The van der Waals surface area contributed by atoms with Gasteiger partial charge in [-0.05, 0) is 31.9 Å². The topological polar surface area (TPSA) is 70.6 Å². The summed E-state index contributed by atoms with van der Waals surface area (Å²) in [6.07, 6.45) is 6.40. The van der Waals surface area contributed by atoms with Crippen molar-refractivity contribution in [2.45, 2.75) is 45.3 Å². The van der Waals surface area contributed by atoms with Gasteiger partial charge in [-0.1, -0.05) is 37.3 Å². The maximum Gasteiger partial charge on any atom is 0.235 e. The summed E-state index contributed by atoms with van der Waals surface area (Å²) in [5.74, 6) is -1.65. The summed E-state index contributed by atoms with van der Waals surface area (Å²) in [6, 6.07) is 6.73. The molecule has 6 nitrogen and oxygen atoms in total. The number of aromatic nitrogens is 1. The first-order valence-corrected chi connectivity index (χ1v) is 10.2. The van der Waals surface area contributed by atoms with Crippen molar-refractivity contribution in [3.05, 3.63) is 42.1 Å². The summed E-state index contributed by atoms with van der Waals surface area (Å²) < 4.78 is 0. The Morgan fingerprint density at radius 3 is 2.66 bits per heavy atom. The number of anilines is 1. The second-order valence-electron chi connectivity index (χ2n) is 8.25. The van der Waals surface area contributed by atoms with Crippen molar-refractivity contribution in [2.24, 2.45) is 11.8 Å². The first-order chi connectivity index (χ1) is 14.0. The Morgan fingerprint density at radius 1 is 1.17 bits per heavy atom. The number of carbonyl (C=O) groups excluding carboxylic acids is 3. The van der Waals surface area contributed by atoms with E-state index in [1.54, 1.807) is 6.20 Å². The lowest BCUT2D eigenvalue weighted by atomic mass is 9.88. The molecule has 4 heterocycles. The Hall–Kier alpha value is -3.02. The molecule has 6 heteroatoms. The van der Waals surface area contributed by atoms with Crippen LogP contribution in [0.1, 0.15) is 32.8 Å². The average molecular weight is 389 g/mol. The van der Waals surface area contributed by atoms with Gasteiger partial charge in [0.05, 0.1) is 29.1 Å². The van der Waals surface area contributed by atoms with Crippen LogP contribution in [0.3, 0.4) is 0 Å². The Morgan fingerprint density at radius 2 is 1.93 bits per heavy atom. The van der Waals surface area contributed by atoms with Gasteiger partial charge in [-0.15, -0.1) is 0 Å². The van der Waals surface area contributed by atoms with Gasteiger partial charge in [0.1, 0.15) is 6.04 Å². The summed E-state index contributed by atoms with van der Waals surface area (Å²) in [5, 5.41) is 0.971. The second-order valence-corrected chi connectivity index (χ2v) is 8.25. The maximum absolute atomic E-state index is 13.3. The molecule has 1 aromatic carbocycles. The zero-order valence-corrected chi connectivity index (χ0v) is 16.7. The fourth-order valence-electron chi connectivity index (χ4n) is 5.28. The smallest absolute Gasteiger partial charge is 0.235 e. The van der Waals surface area contributed by atoms with E-state index in [2.05, 4.69) is 4.98 Å². The SMILES string of the molecule is CC[C@H](C)N1C(=O)[C@@H]2[C@@H](C1=O)[C@@H]1C=Cc3ccc4cccnc4c3N1[C@@H]2C(C)=O. The van der Waals surface area contributed by atoms with E-state index in [1.807, 2.05) is 55.2 Å². The van der Waals surface area contributed by atoms with Crippen LogP contribution >= 0.6 is 0 Å². The Labute approximate surface area is 169 Å². The number of rotatable bonds is 3. The fraction of sp³-hybridized carbons (Fsp3) is 0.391. The molecule has 29 heavy (non-hydrogen) atoms. The predicted octanol–water partition coefficient (Wildman–Crippen LogP) is 2.81. The number of hydrogen-bond donors (Lipinski definition) is 0. The van der Waals surface area contributed by atoms with Crippen LogP contribution in [0.25, 0.3) is 17.0 Å². The molecule has 2 aromatic rings. The van der Waals surface area contributed by atoms with Crippen molar-refractivity contribution >= 4 is 40.3 Å². The van der Waals surface area contributed by atoms with Crippen LogP contribution in [0, 0.1) is 11.8 Å². The van der Waals surface area contributed by atoms with Crippen molar-refractivity contribution in [1.29, 1.82) is 0 Å². The number of benzene rings is 1. The van der Waals surface area contributed by atoms with E-state index < -0.39 is 17.9 Å². The van der Waals surface area contributed by atoms with Gasteiger partial charge in [0.2, 0.25) is 11.8 Å². The summed E-state index contributed by atoms with van der Waals surface area (Å²) in [7, 11) is 0. The fourth-order valence-corrected chi connectivity index (χ4v) is 5.28. The molecule has 3 aliphatic rings. The highest BCUT2D eigenvalue weighted by Crippen LogP contribution is 2.50. The van der Waals surface area contributed by atoms with Crippen LogP contribution in [0.15, 0.2) is 36.5 Å². The summed E-state index contributed by atoms with van der Waals surface area (Å²) in [6.45, 7) is 5.37. The number of fused-ring (bicyclic) bond motifs is 7. The van der Waals surface area contributed by atoms with E-state index in [0.717, 1.165) is 22.2 Å². The van der Waals surface area contributed by atoms with Gasteiger partial charge in [-0.2, -0.15) is 0 Å². The van der Waals surface area contributed by atoms with E-state index in [0.29, 0.717) is 6.42 Å². The molecule has 2 fully saturated rings. The van der Waals surface area contributed by atoms with Gasteiger partial charge < -0.3 is 4.90 Å². The molecule has 0 unspecified atom stereocenters. The molecule has 2 saturated heterocycles. The maximum atomic E-state index is 13.3. The predicted molar refractivity (Wildman–Crippen MR) is 110 cm³/mol. The van der Waals surface area contributed by atoms with Crippen molar-refractivity contribution < 1.29 is 14.4 Å². The monoisotopic (exact) mass is 389 g/mol. The third kappa shape index (κ3) is 2.29. The lowest BCUT2D eigenvalue weighted by Gasteiger charge is -2.37. The number of imide groups is 1. The van der Waals surface area contributed by atoms with Crippen molar-refractivity contribution in [3.8, 4) is 0 Å². The van der Waals surface area contributed by atoms with E-state index in [9.17, 15) is 14.4 Å². The molecule has 3 aliphatic heterocycles. The minimum absolute atomic E-state index is 0.0937. The molecule has 0 N–H and O–H groups in total. The number of hydrogen-bond acceptors (Lipinski definition) is 5. The molecule has 0 radical (unpaired) electrons. The van der Waals surface area contributed by atoms with Gasteiger partial charge in [-0.3, -0.25) is 24.3 Å². The highest BCUT2D eigenvalue weighted by Gasteiger charge is 2.64. The van der Waals surface area contributed by atoms with E-state index in [-0.39, 0.29) is 29.7 Å². The lowest BCUT2D eigenvalue weighted by Crippen LogP contribution is -2.49. The Kier molecular flexibility index (Phi) is 3.88. The van der Waals surface area contributed by atoms with Gasteiger partial charge in [0.15, 0.2) is 5.78 Å². The average Bonchev–Trinajstić information content (AvgIpc) is 3.20. The Bertz CT molecular complexity index is 1090. The molecular weight excluding hydrogens is 366 g/mol. The van der Waals surface area contributed by atoms with Crippen molar-refractivity contribution in [1.82, 2.24) is 9.88 Å². The number of carbonyl (C=O) groups is 3. The molecule has 1 aromatic heterocycles.